The number of carbonyl (C=O) groups excluding carboxylic acids is 2. The van der Waals surface area contributed by atoms with Crippen LogP contribution in [-0.2, 0) is 30.0 Å². The van der Waals surface area contributed by atoms with Gasteiger partial charge in [0.1, 0.15) is 24.0 Å². The third-order valence-electron chi connectivity index (χ3n) is 21.7. The van der Waals surface area contributed by atoms with Crippen LogP contribution in [-0.4, -0.2) is 173 Å². The molecule has 2 amide bonds. The maximum Gasteiger partial charge on any atom is 0.573 e. The van der Waals surface area contributed by atoms with Crippen molar-refractivity contribution in [3.63, 3.8) is 0 Å². The van der Waals surface area contributed by atoms with Gasteiger partial charge in [-0.3, -0.25) is 39.9 Å². The molecule has 3 saturated carbocycles. The fourth-order valence-corrected chi connectivity index (χ4v) is 15.5. The van der Waals surface area contributed by atoms with E-state index in [0.717, 1.165) is 131 Å². The molecule has 0 radical (unpaired) electrons. The molecule has 6 fully saturated rings. The van der Waals surface area contributed by atoms with Gasteiger partial charge in [-0.25, -0.2) is 0 Å². The van der Waals surface area contributed by atoms with Crippen LogP contribution in [0.4, 0.5) is 77.5 Å². The van der Waals surface area contributed by atoms with Gasteiger partial charge >= 0.3 is 12.5 Å². The van der Waals surface area contributed by atoms with Crippen LogP contribution in [0.3, 0.4) is 0 Å². The van der Waals surface area contributed by atoms with Crippen molar-refractivity contribution in [3.05, 3.63) is 185 Å². The Morgan fingerprint density at radius 2 is 0.750 bits per heavy atom. The molecule has 0 unspecified atom stereocenters. The van der Waals surface area contributed by atoms with Gasteiger partial charge in [0.15, 0.2) is 0 Å². The van der Waals surface area contributed by atoms with Crippen molar-refractivity contribution in [1.82, 2.24) is 14.7 Å². The van der Waals surface area contributed by atoms with Gasteiger partial charge in [0.25, 0.3) is 17.1 Å². The summed E-state index contributed by atoms with van der Waals surface area (Å²) < 4.78 is 98.4. The molecule has 24 nitrogen and oxygen atoms in total. The van der Waals surface area contributed by atoms with Crippen LogP contribution in [0.1, 0.15) is 136 Å². The Morgan fingerprint density at radius 3 is 1.11 bits per heavy atom. The van der Waals surface area contributed by atoms with E-state index in [1.165, 1.54) is 60.6 Å². The molecule has 3 aliphatic carbocycles. The number of thiocarbonyl (C=S) groups is 1. The van der Waals surface area contributed by atoms with Gasteiger partial charge in [0, 0.05) is 152 Å². The highest BCUT2D eigenvalue weighted by Gasteiger charge is 2.35. The standard InChI is InChI=1S/C28H33F6N3O3.C27H35N5O6.C26H34N4O3S/c1-18-2-3-22(16-25(18)27(29,30)31)36-20-4-8-23(9-5-20)39-17-26(38)37-14-12-21(13-15-37)35-19-6-10-24(11-7-19)40-28(32,33)34;1-18-15-22(5-9-25(18)31(34)35)28-20-3-7-24(8-4-20)38-17-27(33)30-13-11-21(12-14-30)29-23-6-10-26(32(36)37)19(2)16-23;1-19-3-8-23(9-4-19)28-13-15-29(16-14-28)26(34)18-33-24-10-5-21(6-11-24)27-22-7-12-25(30(31)32)20(2)17-22/h2-3,6-7,10-11,16,20-21,23,35-36H,4-5,8-9,12-15,17H2,1H3;5-6,9-10,15-16,20-21,24,28-29H,3-4,7-8,11-14,17H2,1-2H3;3-4,7-9,12,17,21,24,27H,5-6,10-11,13-16,18H2,1-2H3. The van der Waals surface area contributed by atoms with Crippen LogP contribution >= 0.6 is 12.2 Å². The third-order valence-corrected chi connectivity index (χ3v) is 22.1. The van der Waals surface area contributed by atoms with Gasteiger partial charge in [-0.15, -0.1) is 13.2 Å². The lowest BCUT2D eigenvalue weighted by molar-refractivity contribution is -0.385. The molecule has 606 valence electrons. The van der Waals surface area contributed by atoms with E-state index in [1.54, 1.807) is 62.1 Å². The normalized spacial score (nSPS) is 20.5. The number of nitrogens with zero attached hydrogens (tertiary/aromatic N) is 7. The van der Waals surface area contributed by atoms with Crippen molar-refractivity contribution in [2.45, 2.75) is 198 Å². The molecular weight excluding hydrogens is 1480 g/mol. The topological polar surface area (TPSA) is 274 Å². The molecule has 0 atom stereocenters. The number of anilines is 6. The van der Waals surface area contributed by atoms with Gasteiger partial charge in [-0.05, 0) is 228 Å². The quantitative estimate of drug-likeness (QED) is 0.0163. The molecule has 6 aliphatic rings. The van der Waals surface area contributed by atoms with Gasteiger partial charge < -0.3 is 65.1 Å². The number of amides is 2. The predicted octanol–water partition coefficient (Wildman–Crippen LogP) is 16.8. The Labute approximate surface area is 654 Å². The molecule has 5 N–H and O–H groups in total. The van der Waals surface area contributed by atoms with Gasteiger partial charge in [-0.1, -0.05) is 36.0 Å². The highest BCUT2D eigenvalue weighted by molar-refractivity contribution is 7.80. The zero-order valence-corrected chi connectivity index (χ0v) is 64.8. The van der Waals surface area contributed by atoms with E-state index >= 15 is 0 Å². The number of piperazine rings is 1. The van der Waals surface area contributed by atoms with E-state index in [9.17, 15) is 66.3 Å². The molecule has 6 aromatic carbocycles. The third kappa shape index (κ3) is 25.7. The number of alkyl halides is 6. The Kier molecular flexibility index (Phi) is 30.1. The molecule has 3 saturated heterocycles. The molecular formula is C81H102F6N12O12S. The Morgan fingerprint density at radius 1 is 0.411 bits per heavy atom. The summed E-state index contributed by atoms with van der Waals surface area (Å²) in [5, 5.41) is 50.0. The SMILES string of the molecule is Cc1cc(NC2CCC(OCC(=O)N3CCC(Nc4ccc([N+](=O)[O-])c(C)c4)CC3)CC2)ccc1[N+](=O)[O-].Cc1ccc(N2CCN(C(=S)COC3CCC(Nc4ccc([N+](=O)[O-])c(C)c4)CC3)CC2)cc1.Cc1ccc(NC2CCC(OCC(=O)N3CCC(Nc4ccc(OC(F)(F)F)cc4)CC3)CC2)cc1C(F)(F)F. The summed E-state index contributed by atoms with van der Waals surface area (Å²) in [6, 6.07) is 34.9. The summed E-state index contributed by atoms with van der Waals surface area (Å²) in [5.74, 6) is -0.364. The van der Waals surface area contributed by atoms with Crippen molar-refractivity contribution < 1.29 is 69.6 Å². The number of carbonyl (C=O) groups is 2. The molecule has 0 spiro atoms. The molecule has 0 bridgehead atoms. The maximum absolute atomic E-state index is 13.2. The van der Waals surface area contributed by atoms with Crippen molar-refractivity contribution in [2.24, 2.45) is 0 Å². The predicted molar refractivity (Wildman–Crippen MR) is 424 cm³/mol. The smallest absolute Gasteiger partial charge is 0.406 e. The van der Waals surface area contributed by atoms with E-state index in [2.05, 4.69) is 72.3 Å². The van der Waals surface area contributed by atoms with Gasteiger partial charge in [-0.2, -0.15) is 13.2 Å². The first-order valence-corrected chi connectivity index (χ1v) is 39.0. The highest BCUT2D eigenvalue weighted by Crippen LogP contribution is 2.36. The molecule has 0 aromatic heterocycles. The van der Waals surface area contributed by atoms with Crippen LogP contribution in [0.2, 0.25) is 0 Å². The number of likely N-dealkylation sites (tertiary alicyclic amines) is 2. The minimum atomic E-state index is -4.73. The number of nitro benzene ring substituents is 3. The Hall–Kier alpha value is -9.59. The van der Waals surface area contributed by atoms with Gasteiger partial charge in [0.05, 0.1) is 45.3 Å². The minimum absolute atomic E-state index is 0.0104. The summed E-state index contributed by atoms with van der Waals surface area (Å²) in [5.41, 5.74) is 8.26. The van der Waals surface area contributed by atoms with Crippen LogP contribution < -0.4 is 36.2 Å². The molecule has 112 heavy (non-hydrogen) atoms. The first kappa shape index (κ1) is 84.9. The lowest BCUT2D eigenvalue weighted by Gasteiger charge is -2.38. The maximum atomic E-state index is 13.2. The van der Waals surface area contributed by atoms with Crippen LogP contribution in [0.15, 0.2) is 121 Å². The first-order valence-electron chi connectivity index (χ1n) is 38.5. The number of hydrogen-bond donors (Lipinski definition) is 5. The number of halogens is 6. The van der Waals surface area contributed by atoms with E-state index in [1.807, 2.05) is 17.0 Å². The number of aryl methyl sites for hydroxylation is 5. The van der Waals surface area contributed by atoms with Gasteiger partial charge in [0.2, 0.25) is 11.8 Å². The van der Waals surface area contributed by atoms with E-state index in [-0.39, 0.29) is 111 Å². The second-order valence-electron chi connectivity index (χ2n) is 30.0. The van der Waals surface area contributed by atoms with Crippen molar-refractivity contribution >= 4 is 80.2 Å². The number of rotatable bonds is 24. The second-order valence-corrected chi connectivity index (χ2v) is 30.4. The summed E-state index contributed by atoms with van der Waals surface area (Å²) in [7, 11) is 0. The average molecular weight is 1580 g/mol. The summed E-state index contributed by atoms with van der Waals surface area (Å²) >= 11 is 5.69. The second kappa shape index (κ2) is 39.7. The fraction of sp³-hybridized carbons (Fsp3) is 0.519. The fourth-order valence-electron chi connectivity index (χ4n) is 15.3. The molecule has 31 heteroatoms. The average Bonchev–Trinajstić information content (AvgIpc) is 0.823. The largest absolute Gasteiger partial charge is 0.573 e. The summed E-state index contributed by atoms with van der Waals surface area (Å²) in [6.07, 6.45) is 4.53. The zero-order valence-electron chi connectivity index (χ0n) is 64.0. The summed E-state index contributed by atoms with van der Waals surface area (Å²) in [4.78, 5) is 66.6. The van der Waals surface area contributed by atoms with E-state index < -0.39 is 18.1 Å². The monoisotopic (exact) mass is 1580 g/mol. The number of nitrogens with one attached hydrogen (secondary N) is 5. The number of hydrogen-bond acceptors (Lipinski definition) is 19. The summed E-state index contributed by atoms with van der Waals surface area (Å²) in [6.45, 7) is 15.6. The molecule has 12 rings (SSSR count). The lowest BCUT2D eigenvalue weighted by atomic mass is 9.92. The molecule has 6 aromatic rings. The minimum Gasteiger partial charge on any atom is -0.406 e. The molecule has 3 aliphatic heterocycles. The Balaban J connectivity index is 0.000000179. The van der Waals surface area contributed by atoms with Crippen LogP contribution in [0.25, 0.3) is 0 Å². The first-order chi connectivity index (χ1) is 53.4. The highest BCUT2D eigenvalue weighted by atomic mass is 32.1. The van der Waals surface area contributed by atoms with Crippen molar-refractivity contribution in [3.8, 4) is 5.75 Å². The van der Waals surface area contributed by atoms with Crippen LogP contribution in [0.5, 0.6) is 5.75 Å². The number of piperidine rings is 2. The van der Waals surface area contributed by atoms with Crippen molar-refractivity contribution in [1.29, 1.82) is 0 Å². The molecule has 3 heterocycles. The lowest BCUT2D eigenvalue weighted by Crippen LogP contribution is -2.49. The number of ether oxygens (including phenoxy) is 4. The van der Waals surface area contributed by atoms with Crippen LogP contribution in [0, 0.1) is 65.0 Å². The Bertz CT molecular complexity index is 4140. The number of benzene rings is 6. The van der Waals surface area contributed by atoms with Crippen molar-refractivity contribution in [2.75, 3.05) is 104 Å². The number of nitro groups is 3. The van der Waals surface area contributed by atoms with E-state index in [4.69, 9.17) is 26.4 Å². The van der Waals surface area contributed by atoms with E-state index in [0.29, 0.717) is 92.6 Å². The zero-order chi connectivity index (χ0) is 80.2.